The number of Topliss-reactive ketones (excluding diaryl/α,β-unsaturated/α-hetero) is 1. The van der Waals surface area contributed by atoms with Gasteiger partial charge in [0.2, 0.25) is 0 Å². The number of hydrogen-bond acceptors (Lipinski definition) is 3. The average molecular weight is 196 g/mol. The highest BCUT2D eigenvalue weighted by Gasteiger charge is 2.25. The molecule has 78 valence electrons. The van der Waals surface area contributed by atoms with Crippen LogP contribution in [0, 0.1) is 0 Å². The first-order chi connectivity index (χ1) is 6.55. The minimum atomic E-state index is -0.346. The van der Waals surface area contributed by atoms with Crippen LogP contribution >= 0.6 is 0 Å². The maximum atomic E-state index is 11.3. The van der Waals surface area contributed by atoms with Crippen molar-refractivity contribution in [2.24, 2.45) is 0 Å². The third-order valence-electron chi connectivity index (χ3n) is 2.38. The van der Waals surface area contributed by atoms with Gasteiger partial charge < -0.3 is 0 Å². The molecular formula is C11H16O3. The largest absolute Gasteiger partial charge is 0.299 e. The van der Waals surface area contributed by atoms with Gasteiger partial charge in [-0.25, -0.2) is 0 Å². The SMILES string of the molecule is CC(=O)C(C)(C)c1ccccc1.OO. The van der Waals surface area contributed by atoms with Crippen LogP contribution in [-0.2, 0) is 10.2 Å². The van der Waals surface area contributed by atoms with Crippen molar-refractivity contribution in [1.29, 1.82) is 0 Å². The van der Waals surface area contributed by atoms with Gasteiger partial charge in [-0.1, -0.05) is 30.3 Å². The van der Waals surface area contributed by atoms with Crippen LogP contribution < -0.4 is 0 Å². The Morgan fingerprint density at radius 2 is 1.57 bits per heavy atom. The molecule has 1 aromatic rings. The fourth-order valence-electron chi connectivity index (χ4n) is 1.06. The molecule has 0 radical (unpaired) electrons. The topological polar surface area (TPSA) is 57.5 Å². The lowest BCUT2D eigenvalue weighted by molar-refractivity contribution is -0.176. The van der Waals surface area contributed by atoms with E-state index in [2.05, 4.69) is 0 Å². The lowest BCUT2D eigenvalue weighted by atomic mass is 9.81. The summed E-state index contributed by atoms with van der Waals surface area (Å²) in [6, 6.07) is 9.85. The molecule has 0 atom stereocenters. The van der Waals surface area contributed by atoms with E-state index in [-0.39, 0.29) is 11.2 Å². The van der Waals surface area contributed by atoms with Crippen LogP contribution in [0.4, 0.5) is 0 Å². The van der Waals surface area contributed by atoms with E-state index in [0.717, 1.165) is 5.56 Å². The Labute approximate surface area is 83.9 Å². The second kappa shape index (κ2) is 5.52. The Balaban J connectivity index is 0.000000791. The molecule has 0 bridgehead atoms. The fourth-order valence-corrected chi connectivity index (χ4v) is 1.06. The molecule has 14 heavy (non-hydrogen) atoms. The van der Waals surface area contributed by atoms with Crippen molar-refractivity contribution >= 4 is 5.78 Å². The van der Waals surface area contributed by atoms with Crippen molar-refractivity contribution < 1.29 is 15.3 Å². The predicted molar refractivity (Wildman–Crippen MR) is 55.4 cm³/mol. The van der Waals surface area contributed by atoms with E-state index in [0.29, 0.717) is 0 Å². The van der Waals surface area contributed by atoms with E-state index in [9.17, 15) is 4.79 Å². The van der Waals surface area contributed by atoms with Crippen LogP contribution in [0.25, 0.3) is 0 Å². The number of ketones is 1. The van der Waals surface area contributed by atoms with Gasteiger partial charge in [0.1, 0.15) is 5.78 Å². The maximum absolute atomic E-state index is 11.3. The zero-order chi connectivity index (χ0) is 11.2. The summed E-state index contributed by atoms with van der Waals surface area (Å²) >= 11 is 0. The summed E-state index contributed by atoms with van der Waals surface area (Å²) in [5.41, 5.74) is 0.735. The molecule has 0 aliphatic carbocycles. The predicted octanol–water partition coefficient (Wildman–Crippen LogP) is 2.57. The Morgan fingerprint density at radius 1 is 1.14 bits per heavy atom. The summed E-state index contributed by atoms with van der Waals surface area (Å²) in [4.78, 5) is 11.3. The third-order valence-corrected chi connectivity index (χ3v) is 2.38. The Bertz CT molecular complexity index is 278. The summed E-state index contributed by atoms with van der Waals surface area (Å²) in [5, 5.41) is 12.0. The first-order valence-electron chi connectivity index (χ1n) is 4.31. The lowest BCUT2D eigenvalue weighted by Gasteiger charge is -2.21. The highest BCUT2D eigenvalue weighted by molar-refractivity contribution is 5.86. The van der Waals surface area contributed by atoms with Gasteiger partial charge in [-0.2, -0.15) is 0 Å². The van der Waals surface area contributed by atoms with Crippen LogP contribution in [0.1, 0.15) is 26.3 Å². The quantitative estimate of drug-likeness (QED) is 0.564. The molecule has 0 aliphatic rings. The van der Waals surface area contributed by atoms with Crippen LogP contribution in [0.15, 0.2) is 30.3 Å². The highest BCUT2D eigenvalue weighted by Crippen LogP contribution is 2.23. The molecule has 0 unspecified atom stereocenters. The van der Waals surface area contributed by atoms with Gasteiger partial charge in [-0.3, -0.25) is 15.3 Å². The summed E-state index contributed by atoms with van der Waals surface area (Å²) in [7, 11) is 0. The zero-order valence-corrected chi connectivity index (χ0v) is 8.69. The van der Waals surface area contributed by atoms with E-state index in [1.165, 1.54) is 0 Å². The second-order valence-corrected chi connectivity index (χ2v) is 3.55. The standard InChI is InChI=1S/C11H14O.H2O2/c1-9(12)11(2,3)10-7-5-4-6-8-10;1-2/h4-8H,1-3H3;1-2H. The zero-order valence-electron chi connectivity index (χ0n) is 8.69. The second-order valence-electron chi connectivity index (χ2n) is 3.55. The molecule has 2 N–H and O–H groups in total. The molecule has 1 rings (SSSR count). The number of benzene rings is 1. The smallest absolute Gasteiger partial charge is 0.139 e. The van der Waals surface area contributed by atoms with Crippen LogP contribution in [0.3, 0.4) is 0 Å². The maximum Gasteiger partial charge on any atom is 0.139 e. The van der Waals surface area contributed by atoms with Crippen molar-refractivity contribution in [3.8, 4) is 0 Å². The van der Waals surface area contributed by atoms with Crippen LogP contribution in [0.5, 0.6) is 0 Å². The molecule has 3 nitrogen and oxygen atoms in total. The monoisotopic (exact) mass is 196 g/mol. The average Bonchev–Trinajstić information content (AvgIpc) is 2.22. The lowest BCUT2D eigenvalue weighted by Crippen LogP contribution is -2.26. The Morgan fingerprint density at radius 3 is 1.93 bits per heavy atom. The van der Waals surface area contributed by atoms with Crippen molar-refractivity contribution in [1.82, 2.24) is 0 Å². The fraction of sp³-hybridized carbons (Fsp3) is 0.364. The Kier molecular flexibility index (Phi) is 5.05. The van der Waals surface area contributed by atoms with Gasteiger partial charge in [0, 0.05) is 5.41 Å². The molecule has 0 aromatic heterocycles. The van der Waals surface area contributed by atoms with Crippen molar-refractivity contribution in [2.45, 2.75) is 26.2 Å². The third kappa shape index (κ3) is 2.94. The van der Waals surface area contributed by atoms with Crippen molar-refractivity contribution in [3.63, 3.8) is 0 Å². The minimum Gasteiger partial charge on any atom is -0.299 e. The van der Waals surface area contributed by atoms with Crippen molar-refractivity contribution in [2.75, 3.05) is 0 Å². The molecule has 0 fully saturated rings. The van der Waals surface area contributed by atoms with E-state index < -0.39 is 0 Å². The Hall–Kier alpha value is -1.19. The molecule has 3 heteroatoms. The number of rotatable bonds is 2. The summed E-state index contributed by atoms with van der Waals surface area (Å²) in [6.45, 7) is 5.53. The van der Waals surface area contributed by atoms with Gasteiger partial charge in [0.15, 0.2) is 0 Å². The van der Waals surface area contributed by atoms with Gasteiger partial charge in [-0.15, -0.1) is 0 Å². The van der Waals surface area contributed by atoms with Gasteiger partial charge in [0.05, 0.1) is 0 Å². The molecule has 1 aromatic carbocycles. The highest BCUT2D eigenvalue weighted by atomic mass is 17.0. The van der Waals surface area contributed by atoms with E-state index in [4.69, 9.17) is 10.5 Å². The van der Waals surface area contributed by atoms with Crippen LogP contribution in [-0.4, -0.2) is 16.3 Å². The number of carbonyl (C=O) groups excluding carboxylic acids is 1. The first-order valence-corrected chi connectivity index (χ1v) is 4.31. The van der Waals surface area contributed by atoms with Gasteiger partial charge in [0.25, 0.3) is 0 Å². The van der Waals surface area contributed by atoms with E-state index in [1.54, 1.807) is 6.92 Å². The number of carbonyl (C=O) groups is 1. The normalized spacial score (nSPS) is 10.1. The van der Waals surface area contributed by atoms with E-state index in [1.807, 2.05) is 44.2 Å². The molecule has 0 spiro atoms. The first kappa shape index (κ1) is 12.8. The molecule has 0 saturated heterocycles. The molecule has 0 aliphatic heterocycles. The molecular weight excluding hydrogens is 180 g/mol. The number of hydrogen-bond donors (Lipinski definition) is 2. The minimum absolute atomic E-state index is 0.203. The van der Waals surface area contributed by atoms with Crippen molar-refractivity contribution in [3.05, 3.63) is 35.9 Å². The van der Waals surface area contributed by atoms with Gasteiger partial charge in [-0.05, 0) is 26.3 Å². The summed E-state index contributed by atoms with van der Waals surface area (Å²) < 4.78 is 0. The molecule has 0 saturated carbocycles. The summed E-state index contributed by atoms with van der Waals surface area (Å²) in [6.07, 6.45) is 0. The van der Waals surface area contributed by atoms with Crippen LogP contribution in [0.2, 0.25) is 0 Å². The molecule has 0 amide bonds. The summed E-state index contributed by atoms with van der Waals surface area (Å²) in [5.74, 6) is 0.203. The van der Waals surface area contributed by atoms with Gasteiger partial charge >= 0.3 is 0 Å². The molecule has 0 heterocycles. The van der Waals surface area contributed by atoms with E-state index >= 15 is 0 Å².